The molecule has 2 atom stereocenters. The highest BCUT2D eigenvalue weighted by Crippen LogP contribution is 2.42. The lowest BCUT2D eigenvalue weighted by molar-refractivity contribution is -0.149. The number of rotatable bonds is 6. The summed E-state index contributed by atoms with van der Waals surface area (Å²) in [7, 11) is 0. The first-order valence-corrected chi connectivity index (χ1v) is 11.2. The highest BCUT2D eigenvalue weighted by molar-refractivity contribution is 8.03. The summed E-state index contributed by atoms with van der Waals surface area (Å²) in [5.41, 5.74) is 2.31. The van der Waals surface area contributed by atoms with Crippen LogP contribution < -0.4 is 0 Å². The van der Waals surface area contributed by atoms with Crippen LogP contribution in [0.25, 0.3) is 10.9 Å². The maximum Gasteiger partial charge on any atom is 0.157 e. The van der Waals surface area contributed by atoms with Gasteiger partial charge in [0.1, 0.15) is 4.93 Å². The van der Waals surface area contributed by atoms with E-state index in [9.17, 15) is 10.2 Å². The maximum atomic E-state index is 11.2. The topological polar surface area (TPSA) is 65.8 Å². The summed E-state index contributed by atoms with van der Waals surface area (Å²) in [6.45, 7) is 6.48. The number of pyridine rings is 1. The number of aliphatic hydroxyl groups is 2. The lowest BCUT2D eigenvalue weighted by Crippen LogP contribution is -2.43. The molecule has 2 aliphatic heterocycles. The molecule has 0 aliphatic carbocycles. The number of aliphatic hydroxyl groups excluding tert-OH is 1. The molecule has 0 radical (unpaired) electrons. The summed E-state index contributed by atoms with van der Waals surface area (Å²) >= 11 is 1.64. The van der Waals surface area contributed by atoms with E-state index in [4.69, 9.17) is 4.74 Å². The normalized spacial score (nSPS) is 25.9. The fraction of sp³-hybridized carbons (Fsp3) is 0.522. The summed E-state index contributed by atoms with van der Waals surface area (Å²) < 4.78 is 5.89. The summed E-state index contributed by atoms with van der Waals surface area (Å²) in [6.07, 6.45) is 3.81. The zero-order chi connectivity index (χ0) is 20.5. The highest BCUT2D eigenvalue weighted by atomic mass is 32.2. The first-order valence-electron chi connectivity index (χ1n) is 10.3. The van der Waals surface area contributed by atoms with Gasteiger partial charge in [0.15, 0.2) is 6.29 Å². The molecule has 5 nitrogen and oxygen atoms in total. The molecule has 1 aromatic carbocycles. The van der Waals surface area contributed by atoms with Gasteiger partial charge in [-0.15, -0.1) is 0 Å². The molecule has 1 aromatic heterocycles. The average molecular weight is 415 g/mol. The van der Waals surface area contributed by atoms with Crippen molar-refractivity contribution in [2.45, 2.75) is 56.4 Å². The van der Waals surface area contributed by atoms with Crippen LogP contribution in [0.15, 0.2) is 47.5 Å². The second-order valence-corrected chi connectivity index (χ2v) is 9.88. The van der Waals surface area contributed by atoms with Gasteiger partial charge in [-0.25, -0.2) is 0 Å². The maximum absolute atomic E-state index is 11.2. The second-order valence-electron chi connectivity index (χ2n) is 8.54. The lowest BCUT2D eigenvalue weighted by Gasteiger charge is -2.39. The van der Waals surface area contributed by atoms with E-state index >= 15 is 0 Å². The molecule has 2 aromatic rings. The van der Waals surface area contributed by atoms with Crippen LogP contribution in [0.4, 0.5) is 0 Å². The molecule has 1 fully saturated rings. The number of hydrogen-bond acceptors (Lipinski definition) is 6. The minimum Gasteiger partial charge on any atom is -0.385 e. The number of benzene rings is 1. The number of hydrogen-bond donors (Lipinski definition) is 2. The summed E-state index contributed by atoms with van der Waals surface area (Å²) in [4.78, 5) is 6.45. The number of ether oxygens (including phenoxy) is 1. The van der Waals surface area contributed by atoms with Gasteiger partial charge in [-0.05, 0) is 44.2 Å². The Labute approximate surface area is 176 Å². The quantitative estimate of drug-likeness (QED) is 0.697. The Morgan fingerprint density at radius 1 is 1.28 bits per heavy atom. The van der Waals surface area contributed by atoms with Crippen LogP contribution >= 0.6 is 11.8 Å². The smallest absolute Gasteiger partial charge is 0.157 e. The van der Waals surface area contributed by atoms with E-state index in [-0.39, 0.29) is 4.93 Å². The number of piperidine rings is 1. The monoisotopic (exact) mass is 414 g/mol. The van der Waals surface area contributed by atoms with Crippen LogP contribution in [0, 0.1) is 0 Å². The minimum absolute atomic E-state index is 0.352. The van der Waals surface area contributed by atoms with Crippen molar-refractivity contribution >= 4 is 22.7 Å². The predicted octanol–water partition coefficient (Wildman–Crippen LogP) is 4.00. The van der Waals surface area contributed by atoms with Crippen molar-refractivity contribution in [1.29, 1.82) is 0 Å². The van der Waals surface area contributed by atoms with Gasteiger partial charge in [0.2, 0.25) is 0 Å². The van der Waals surface area contributed by atoms with Gasteiger partial charge >= 0.3 is 0 Å². The van der Waals surface area contributed by atoms with E-state index in [0.717, 1.165) is 42.5 Å². The molecule has 2 aliphatic rings. The van der Waals surface area contributed by atoms with Gasteiger partial charge in [-0.3, -0.25) is 4.98 Å². The Hall–Kier alpha value is -1.44. The zero-order valence-electron chi connectivity index (χ0n) is 17.2. The Morgan fingerprint density at radius 3 is 2.76 bits per heavy atom. The van der Waals surface area contributed by atoms with Crippen LogP contribution in [0.1, 0.15) is 45.1 Å². The summed E-state index contributed by atoms with van der Waals surface area (Å²) in [6, 6.07) is 10.1. The van der Waals surface area contributed by atoms with Crippen molar-refractivity contribution in [2.75, 3.05) is 19.6 Å². The second kappa shape index (κ2) is 8.36. The van der Waals surface area contributed by atoms with Crippen molar-refractivity contribution in [3.8, 4) is 0 Å². The molecule has 6 heteroatoms. The first kappa shape index (κ1) is 20.8. The molecule has 3 heterocycles. The van der Waals surface area contributed by atoms with Crippen LogP contribution in [0.2, 0.25) is 0 Å². The van der Waals surface area contributed by atoms with Gasteiger partial charge < -0.3 is 19.8 Å². The van der Waals surface area contributed by atoms with Crippen LogP contribution in [-0.2, 0) is 10.3 Å². The molecule has 29 heavy (non-hydrogen) atoms. The average Bonchev–Trinajstić information content (AvgIpc) is 3.05. The molecule has 0 saturated carbocycles. The van der Waals surface area contributed by atoms with Gasteiger partial charge in [0.25, 0.3) is 0 Å². The van der Waals surface area contributed by atoms with E-state index in [1.807, 2.05) is 37.4 Å². The molecule has 0 spiro atoms. The Morgan fingerprint density at radius 2 is 2.03 bits per heavy atom. The van der Waals surface area contributed by atoms with E-state index in [1.54, 1.807) is 11.8 Å². The van der Waals surface area contributed by atoms with Crippen LogP contribution in [-0.4, -0.2) is 51.0 Å². The number of fused-ring (bicyclic) bond motifs is 1. The van der Waals surface area contributed by atoms with Crippen LogP contribution in [0.3, 0.4) is 0 Å². The Kier molecular flexibility index (Phi) is 6.00. The fourth-order valence-corrected chi connectivity index (χ4v) is 5.30. The van der Waals surface area contributed by atoms with E-state index in [0.29, 0.717) is 19.3 Å². The van der Waals surface area contributed by atoms with Crippen LogP contribution in [0.5, 0.6) is 0 Å². The van der Waals surface area contributed by atoms with E-state index in [1.165, 1.54) is 5.57 Å². The number of nitrogens with zero attached hydrogens (tertiary/aromatic N) is 2. The van der Waals surface area contributed by atoms with Crippen molar-refractivity contribution in [3.05, 3.63) is 53.1 Å². The summed E-state index contributed by atoms with van der Waals surface area (Å²) in [5, 5.41) is 24.7. The van der Waals surface area contributed by atoms with Gasteiger partial charge in [0, 0.05) is 49.6 Å². The largest absolute Gasteiger partial charge is 0.385 e. The molecule has 1 unspecified atom stereocenters. The molecule has 0 amide bonds. The van der Waals surface area contributed by atoms with Gasteiger partial charge in [-0.2, -0.15) is 0 Å². The molecule has 0 bridgehead atoms. The summed E-state index contributed by atoms with van der Waals surface area (Å²) in [5.74, 6) is 0. The van der Waals surface area contributed by atoms with Crippen molar-refractivity contribution in [2.24, 2.45) is 0 Å². The van der Waals surface area contributed by atoms with E-state index < -0.39 is 11.9 Å². The first-order chi connectivity index (χ1) is 13.9. The molecule has 2 N–H and O–H groups in total. The third kappa shape index (κ3) is 4.84. The van der Waals surface area contributed by atoms with E-state index in [2.05, 4.69) is 28.3 Å². The molecule has 156 valence electrons. The molecule has 4 rings (SSSR count). The minimum atomic E-state index is -0.834. The number of aromatic nitrogens is 1. The fourth-order valence-electron chi connectivity index (χ4n) is 4.28. The van der Waals surface area contributed by atoms with Gasteiger partial charge in [-0.1, -0.05) is 35.5 Å². The molecular formula is C23H30N2O3S. The third-order valence-electron chi connectivity index (χ3n) is 6.00. The Balaban J connectivity index is 1.28. The SMILES string of the molecule is CC1=CS[C@](C)(OC(O)CCN2CCC(O)(c3cnc4ccccc4c3)CC2)C1. The predicted molar refractivity (Wildman–Crippen MR) is 117 cm³/mol. The highest BCUT2D eigenvalue weighted by Gasteiger charge is 2.35. The van der Waals surface area contributed by atoms with Crippen molar-refractivity contribution in [3.63, 3.8) is 0 Å². The number of para-hydroxylation sites is 1. The number of thioether (sulfide) groups is 1. The zero-order valence-corrected chi connectivity index (χ0v) is 18.0. The Bertz CT molecular complexity index is 895. The van der Waals surface area contributed by atoms with Gasteiger partial charge in [0.05, 0.1) is 11.1 Å². The van der Waals surface area contributed by atoms with Crippen molar-refractivity contribution < 1.29 is 14.9 Å². The lowest BCUT2D eigenvalue weighted by atomic mass is 9.85. The van der Waals surface area contributed by atoms with Crippen molar-refractivity contribution in [1.82, 2.24) is 9.88 Å². The number of likely N-dealkylation sites (tertiary alicyclic amines) is 1. The standard InChI is InChI=1S/C23H30N2O3S/c1-17-14-22(2,29-16-17)28-21(26)7-10-25-11-8-23(27,9-12-25)19-13-18-5-3-4-6-20(18)24-15-19/h3-6,13,15-16,21,26-27H,7-12,14H2,1-2H3/t21?,22-/m0/s1. The third-order valence-corrected chi connectivity index (χ3v) is 7.26. The molecular weight excluding hydrogens is 384 g/mol. The molecule has 1 saturated heterocycles.